The Balaban J connectivity index is 2.00. The summed E-state index contributed by atoms with van der Waals surface area (Å²) in [6.45, 7) is 5.58. The molecule has 1 aliphatic heterocycles. The van der Waals surface area contributed by atoms with Gasteiger partial charge in [0.05, 0.1) is 13.2 Å². The van der Waals surface area contributed by atoms with Gasteiger partial charge >= 0.3 is 0 Å². The second-order valence-corrected chi connectivity index (χ2v) is 3.20. The molecule has 0 atom stereocenters. The first kappa shape index (κ1) is 11.0. The molecule has 1 saturated heterocycles. The van der Waals surface area contributed by atoms with Crippen LogP contribution in [0, 0.1) is 5.41 Å². The van der Waals surface area contributed by atoms with Crippen LogP contribution in [0.25, 0.3) is 0 Å². The first-order valence-corrected chi connectivity index (χ1v) is 4.83. The van der Waals surface area contributed by atoms with Gasteiger partial charge in [0.2, 0.25) is 0 Å². The predicted molar refractivity (Wildman–Crippen MR) is 56.3 cm³/mol. The Morgan fingerprint density at radius 1 is 1.50 bits per heavy atom. The second kappa shape index (κ2) is 6.39. The Morgan fingerprint density at radius 3 is 2.86 bits per heavy atom. The molecule has 14 heavy (non-hydrogen) atoms. The van der Waals surface area contributed by atoms with E-state index in [-0.39, 0.29) is 5.84 Å². The normalized spacial score (nSPS) is 18.6. The number of hydrogen-bond donors (Lipinski definition) is 3. The molecule has 0 spiro atoms. The third kappa shape index (κ3) is 4.84. The maximum absolute atomic E-state index is 6.95. The average Bonchev–Trinajstić information content (AvgIpc) is 2.18. The van der Waals surface area contributed by atoms with Gasteiger partial charge in [0.15, 0.2) is 0 Å². The SMILES string of the molecule is N=C(N)/C=C\NCCN1CCOCC1. The lowest BCUT2D eigenvalue weighted by molar-refractivity contribution is 0.0388. The molecule has 5 nitrogen and oxygen atoms in total. The summed E-state index contributed by atoms with van der Waals surface area (Å²) in [5.41, 5.74) is 5.15. The van der Waals surface area contributed by atoms with E-state index in [9.17, 15) is 0 Å². The molecule has 0 aromatic rings. The lowest BCUT2D eigenvalue weighted by atomic mass is 10.4. The minimum Gasteiger partial charge on any atom is -0.389 e. The highest BCUT2D eigenvalue weighted by Gasteiger charge is 2.08. The van der Waals surface area contributed by atoms with Crippen LogP contribution < -0.4 is 11.1 Å². The predicted octanol–water partition coefficient (Wildman–Crippen LogP) is -0.642. The van der Waals surface area contributed by atoms with E-state index in [1.165, 1.54) is 0 Å². The molecule has 0 aromatic heterocycles. The Hall–Kier alpha value is -1.07. The monoisotopic (exact) mass is 198 g/mol. The Labute approximate surface area is 84.4 Å². The summed E-state index contributed by atoms with van der Waals surface area (Å²) in [5, 5.41) is 10.0. The van der Waals surface area contributed by atoms with Gasteiger partial charge in [-0.1, -0.05) is 0 Å². The van der Waals surface area contributed by atoms with E-state index in [2.05, 4.69) is 10.2 Å². The number of ether oxygens (including phenoxy) is 1. The summed E-state index contributed by atoms with van der Waals surface area (Å²) >= 11 is 0. The van der Waals surface area contributed by atoms with Gasteiger partial charge in [-0.3, -0.25) is 10.3 Å². The average molecular weight is 198 g/mol. The molecule has 1 aliphatic rings. The molecule has 1 rings (SSSR count). The summed E-state index contributed by atoms with van der Waals surface area (Å²) in [6.07, 6.45) is 3.25. The van der Waals surface area contributed by atoms with Crippen molar-refractivity contribution in [2.75, 3.05) is 39.4 Å². The van der Waals surface area contributed by atoms with Crippen molar-refractivity contribution in [1.82, 2.24) is 10.2 Å². The number of nitrogens with one attached hydrogen (secondary N) is 2. The molecule has 0 amide bonds. The summed E-state index contributed by atoms with van der Waals surface area (Å²) in [6, 6.07) is 0. The van der Waals surface area contributed by atoms with Crippen molar-refractivity contribution in [3.63, 3.8) is 0 Å². The van der Waals surface area contributed by atoms with E-state index in [0.717, 1.165) is 39.4 Å². The van der Waals surface area contributed by atoms with Crippen LogP contribution in [0.4, 0.5) is 0 Å². The van der Waals surface area contributed by atoms with E-state index < -0.39 is 0 Å². The topological polar surface area (TPSA) is 74.4 Å². The van der Waals surface area contributed by atoms with Crippen molar-refractivity contribution in [3.8, 4) is 0 Å². The van der Waals surface area contributed by atoms with Gasteiger partial charge in [-0.15, -0.1) is 0 Å². The van der Waals surface area contributed by atoms with Crippen molar-refractivity contribution >= 4 is 5.84 Å². The van der Waals surface area contributed by atoms with Crippen LogP contribution in [0.5, 0.6) is 0 Å². The molecule has 80 valence electrons. The molecule has 0 aliphatic carbocycles. The van der Waals surface area contributed by atoms with Gasteiger partial charge in [0, 0.05) is 32.4 Å². The maximum atomic E-state index is 6.95. The van der Waals surface area contributed by atoms with Gasteiger partial charge < -0.3 is 15.8 Å². The Bertz CT molecular complexity index is 199. The second-order valence-electron chi connectivity index (χ2n) is 3.20. The van der Waals surface area contributed by atoms with Gasteiger partial charge in [0.1, 0.15) is 5.84 Å². The summed E-state index contributed by atoms with van der Waals surface area (Å²) in [5.74, 6) is 0.0730. The molecule has 1 fully saturated rings. The van der Waals surface area contributed by atoms with Crippen molar-refractivity contribution < 1.29 is 4.74 Å². The third-order valence-electron chi connectivity index (χ3n) is 2.06. The van der Waals surface area contributed by atoms with E-state index >= 15 is 0 Å². The molecule has 1 heterocycles. The number of nitrogens with two attached hydrogens (primary N) is 1. The molecule has 5 heteroatoms. The van der Waals surface area contributed by atoms with Gasteiger partial charge in [-0.2, -0.15) is 0 Å². The summed E-state index contributed by atoms with van der Waals surface area (Å²) in [7, 11) is 0. The molecule has 0 unspecified atom stereocenters. The smallest absolute Gasteiger partial charge is 0.116 e. The van der Waals surface area contributed by atoms with Crippen LogP contribution in [0.15, 0.2) is 12.3 Å². The van der Waals surface area contributed by atoms with Crippen LogP contribution in [0.1, 0.15) is 0 Å². The number of rotatable bonds is 5. The fourth-order valence-electron chi connectivity index (χ4n) is 1.28. The maximum Gasteiger partial charge on any atom is 0.116 e. The molecule has 0 aromatic carbocycles. The third-order valence-corrected chi connectivity index (χ3v) is 2.06. The van der Waals surface area contributed by atoms with Crippen LogP contribution in [-0.4, -0.2) is 50.1 Å². The van der Waals surface area contributed by atoms with Crippen LogP contribution in [0.3, 0.4) is 0 Å². The van der Waals surface area contributed by atoms with Gasteiger partial charge in [-0.05, 0) is 6.08 Å². The number of hydrogen-bond acceptors (Lipinski definition) is 4. The minimum absolute atomic E-state index is 0.0730. The number of amidine groups is 1. The molecule has 0 radical (unpaired) electrons. The summed E-state index contributed by atoms with van der Waals surface area (Å²) in [4.78, 5) is 2.35. The van der Waals surface area contributed by atoms with Crippen molar-refractivity contribution in [3.05, 3.63) is 12.3 Å². The Morgan fingerprint density at radius 2 is 2.21 bits per heavy atom. The fourth-order valence-corrected chi connectivity index (χ4v) is 1.28. The van der Waals surface area contributed by atoms with Crippen LogP contribution in [-0.2, 0) is 4.74 Å². The van der Waals surface area contributed by atoms with Crippen LogP contribution in [0.2, 0.25) is 0 Å². The minimum atomic E-state index is 0.0730. The quantitative estimate of drug-likeness (QED) is 0.312. The zero-order chi connectivity index (χ0) is 10.2. The fraction of sp³-hybridized carbons (Fsp3) is 0.667. The Kier molecular flexibility index (Phi) is 5.03. The van der Waals surface area contributed by atoms with Crippen molar-refractivity contribution in [2.24, 2.45) is 5.73 Å². The van der Waals surface area contributed by atoms with Gasteiger partial charge in [0.25, 0.3) is 0 Å². The standard InChI is InChI=1S/C9H18N4O/c10-9(11)1-2-12-3-4-13-5-7-14-8-6-13/h1-2,12H,3-8H2,(H3,10,11)/b2-1-. The lowest BCUT2D eigenvalue weighted by Gasteiger charge is -2.26. The molecular formula is C9H18N4O. The number of nitrogens with zero attached hydrogens (tertiary/aromatic N) is 1. The first-order valence-electron chi connectivity index (χ1n) is 4.83. The van der Waals surface area contributed by atoms with Crippen LogP contribution >= 0.6 is 0 Å². The first-order chi connectivity index (χ1) is 6.79. The molecule has 0 bridgehead atoms. The zero-order valence-electron chi connectivity index (χ0n) is 8.33. The number of morpholine rings is 1. The van der Waals surface area contributed by atoms with E-state index in [1.54, 1.807) is 12.3 Å². The van der Waals surface area contributed by atoms with Crippen molar-refractivity contribution in [2.45, 2.75) is 0 Å². The highest BCUT2D eigenvalue weighted by Crippen LogP contribution is 1.94. The zero-order valence-corrected chi connectivity index (χ0v) is 8.33. The van der Waals surface area contributed by atoms with E-state index in [1.807, 2.05) is 0 Å². The largest absolute Gasteiger partial charge is 0.389 e. The van der Waals surface area contributed by atoms with E-state index in [0.29, 0.717) is 0 Å². The van der Waals surface area contributed by atoms with Crippen molar-refractivity contribution in [1.29, 1.82) is 5.41 Å². The van der Waals surface area contributed by atoms with E-state index in [4.69, 9.17) is 15.9 Å². The lowest BCUT2D eigenvalue weighted by Crippen LogP contribution is -2.39. The highest BCUT2D eigenvalue weighted by atomic mass is 16.5. The molecule has 0 saturated carbocycles. The highest BCUT2D eigenvalue weighted by molar-refractivity contribution is 5.88. The summed E-state index contributed by atoms with van der Waals surface area (Å²) < 4.78 is 5.24. The molecular weight excluding hydrogens is 180 g/mol. The van der Waals surface area contributed by atoms with Gasteiger partial charge in [-0.25, -0.2) is 0 Å². The molecule has 4 N–H and O–H groups in total.